The summed E-state index contributed by atoms with van der Waals surface area (Å²) in [6.45, 7) is 1.75. The molecule has 4 rings (SSSR count). The number of rotatable bonds is 3. The normalized spacial score (nSPS) is 18.5. The van der Waals surface area contributed by atoms with Crippen LogP contribution in [-0.4, -0.2) is 23.4 Å². The van der Waals surface area contributed by atoms with E-state index in [0.29, 0.717) is 28.3 Å². The number of nitro benzene ring substituents is 1. The van der Waals surface area contributed by atoms with Crippen molar-refractivity contribution in [2.24, 2.45) is 0 Å². The van der Waals surface area contributed by atoms with E-state index < -0.39 is 16.1 Å². The van der Waals surface area contributed by atoms with Gasteiger partial charge in [0.2, 0.25) is 12.7 Å². The molecule has 2 aromatic carbocycles. The summed E-state index contributed by atoms with van der Waals surface area (Å²) in [6.07, 6.45) is 0. The lowest BCUT2D eigenvalue weighted by atomic mass is 10.1. The van der Waals surface area contributed by atoms with Gasteiger partial charge in [0.15, 0.2) is 11.5 Å². The van der Waals surface area contributed by atoms with Crippen LogP contribution >= 0.6 is 11.8 Å². The second-order valence-electron chi connectivity index (χ2n) is 5.88. The number of nitro groups is 1. The maximum absolute atomic E-state index is 13.8. The van der Waals surface area contributed by atoms with Gasteiger partial charge in [0, 0.05) is 0 Å². The molecule has 0 radical (unpaired) electrons. The van der Waals surface area contributed by atoms with Crippen molar-refractivity contribution in [2.75, 3.05) is 17.4 Å². The van der Waals surface area contributed by atoms with Gasteiger partial charge >= 0.3 is 0 Å². The van der Waals surface area contributed by atoms with Gasteiger partial charge in [-0.2, -0.15) is 0 Å². The minimum Gasteiger partial charge on any atom is -0.454 e. The first-order valence-electron chi connectivity index (χ1n) is 7.73. The molecular weight excluding hydrogens is 363 g/mol. The van der Waals surface area contributed by atoms with Crippen LogP contribution in [-0.2, 0) is 4.79 Å². The highest BCUT2D eigenvalue weighted by Crippen LogP contribution is 2.49. The summed E-state index contributed by atoms with van der Waals surface area (Å²) < 4.78 is 24.3. The van der Waals surface area contributed by atoms with E-state index >= 15 is 0 Å². The molecule has 26 heavy (non-hydrogen) atoms. The number of hydrogen-bond acceptors (Lipinski definition) is 6. The maximum Gasteiger partial charge on any atom is 0.279 e. The molecule has 2 aliphatic heterocycles. The monoisotopic (exact) mass is 376 g/mol. The summed E-state index contributed by atoms with van der Waals surface area (Å²) >= 11 is 1.25. The van der Waals surface area contributed by atoms with Crippen LogP contribution in [0.5, 0.6) is 11.5 Å². The quantitative estimate of drug-likeness (QED) is 0.602. The summed E-state index contributed by atoms with van der Waals surface area (Å²) in [4.78, 5) is 24.9. The van der Waals surface area contributed by atoms with Crippen LogP contribution in [0, 0.1) is 22.9 Å². The Morgan fingerprint density at radius 3 is 2.73 bits per heavy atom. The van der Waals surface area contributed by atoms with Crippen molar-refractivity contribution in [3.63, 3.8) is 0 Å². The second-order valence-corrected chi connectivity index (χ2v) is 6.95. The fraction of sp³-hybridized carbons (Fsp3) is 0.235. The smallest absolute Gasteiger partial charge is 0.279 e. The Hall–Kier alpha value is -2.81. The van der Waals surface area contributed by atoms with Gasteiger partial charge in [-0.1, -0.05) is 6.07 Å². The third kappa shape index (κ3) is 2.64. The number of amides is 1. The third-order valence-corrected chi connectivity index (χ3v) is 5.48. The topological polar surface area (TPSA) is 81.9 Å². The molecule has 9 heteroatoms. The van der Waals surface area contributed by atoms with Crippen LogP contribution in [0.1, 0.15) is 16.5 Å². The lowest BCUT2D eigenvalue weighted by molar-refractivity contribution is -0.385. The van der Waals surface area contributed by atoms with Crippen LogP contribution in [0.4, 0.5) is 15.8 Å². The predicted octanol–water partition coefficient (Wildman–Crippen LogP) is 3.55. The fourth-order valence-corrected chi connectivity index (χ4v) is 4.25. The number of benzene rings is 2. The number of thioether (sulfide) groups is 1. The number of nitrogens with zero attached hydrogens (tertiary/aromatic N) is 2. The van der Waals surface area contributed by atoms with E-state index in [2.05, 4.69) is 0 Å². The third-order valence-electron chi connectivity index (χ3n) is 4.28. The van der Waals surface area contributed by atoms with Crippen LogP contribution < -0.4 is 14.4 Å². The average Bonchev–Trinajstić information content (AvgIpc) is 3.21. The van der Waals surface area contributed by atoms with E-state index in [-0.39, 0.29) is 24.1 Å². The minimum atomic E-state index is -0.655. The Labute approximate surface area is 151 Å². The zero-order valence-electron chi connectivity index (χ0n) is 13.6. The molecule has 1 atom stereocenters. The standard InChI is InChI=1S/C17H13FN2O5S/c1-9-2-3-10(18)4-12(9)19-16(21)7-26-17(19)11-5-14-15(25-8-24-14)6-13(11)20(22)23/h2-6,17H,7-8H2,1H3. The van der Waals surface area contributed by atoms with Gasteiger partial charge < -0.3 is 9.47 Å². The van der Waals surface area contributed by atoms with Crippen molar-refractivity contribution in [1.82, 2.24) is 0 Å². The molecule has 0 spiro atoms. The highest BCUT2D eigenvalue weighted by molar-refractivity contribution is 8.00. The molecule has 0 aliphatic carbocycles. The molecule has 0 saturated carbocycles. The van der Waals surface area contributed by atoms with Crippen LogP contribution in [0.25, 0.3) is 0 Å². The molecule has 0 bridgehead atoms. The van der Waals surface area contributed by atoms with Crippen LogP contribution in [0.3, 0.4) is 0 Å². The zero-order chi connectivity index (χ0) is 18.4. The summed E-state index contributed by atoms with van der Waals surface area (Å²) in [5, 5.41) is 10.9. The second kappa shape index (κ2) is 6.17. The number of aryl methyl sites for hydroxylation is 1. The van der Waals surface area contributed by atoms with Crippen molar-refractivity contribution in [3.8, 4) is 11.5 Å². The molecule has 1 unspecified atom stereocenters. The van der Waals surface area contributed by atoms with E-state index in [4.69, 9.17) is 9.47 Å². The van der Waals surface area contributed by atoms with E-state index in [1.165, 1.54) is 40.9 Å². The molecular formula is C17H13FN2O5S. The van der Waals surface area contributed by atoms with Crippen molar-refractivity contribution in [3.05, 3.63) is 57.4 Å². The lowest BCUT2D eigenvalue weighted by Gasteiger charge is -2.25. The van der Waals surface area contributed by atoms with Gasteiger partial charge in [0.05, 0.1) is 28.0 Å². The fourth-order valence-electron chi connectivity index (χ4n) is 3.06. The first-order valence-corrected chi connectivity index (χ1v) is 8.78. The molecule has 2 aliphatic rings. The lowest BCUT2D eigenvalue weighted by Crippen LogP contribution is -2.29. The summed E-state index contributed by atoms with van der Waals surface area (Å²) in [6, 6.07) is 6.98. The number of halogens is 1. The van der Waals surface area contributed by atoms with Crippen LogP contribution in [0.2, 0.25) is 0 Å². The van der Waals surface area contributed by atoms with Crippen molar-refractivity contribution in [1.29, 1.82) is 0 Å². The Morgan fingerprint density at radius 2 is 2.00 bits per heavy atom. The summed E-state index contributed by atoms with van der Waals surface area (Å²) in [5.74, 6) is 0.117. The van der Waals surface area contributed by atoms with Gasteiger partial charge in [-0.05, 0) is 30.7 Å². The molecule has 2 aromatic rings. The Bertz CT molecular complexity index is 936. The average molecular weight is 376 g/mol. The maximum atomic E-state index is 13.8. The molecule has 1 fully saturated rings. The number of carbonyl (C=O) groups is 1. The first-order chi connectivity index (χ1) is 12.5. The van der Waals surface area contributed by atoms with Gasteiger partial charge in [0.1, 0.15) is 11.2 Å². The van der Waals surface area contributed by atoms with Crippen molar-refractivity contribution in [2.45, 2.75) is 12.3 Å². The van der Waals surface area contributed by atoms with E-state index in [9.17, 15) is 19.3 Å². The number of carbonyl (C=O) groups excluding carboxylic acids is 1. The van der Waals surface area contributed by atoms with Gasteiger partial charge in [-0.25, -0.2) is 4.39 Å². The SMILES string of the molecule is Cc1ccc(F)cc1N1C(=O)CSC1c1cc2c(cc1[N+](=O)[O-])OCO2. The molecule has 0 aromatic heterocycles. The summed E-state index contributed by atoms with van der Waals surface area (Å²) in [7, 11) is 0. The van der Waals surface area contributed by atoms with E-state index in [0.717, 1.165) is 0 Å². The number of ether oxygens (including phenoxy) is 2. The molecule has 1 amide bonds. The van der Waals surface area contributed by atoms with Crippen molar-refractivity contribution < 1.29 is 23.6 Å². The highest BCUT2D eigenvalue weighted by Gasteiger charge is 2.39. The van der Waals surface area contributed by atoms with E-state index in [1.54, 1.807) is 13.0 Å². The van der Waals surface area contributed by atoms with Gasteiger partial charge in [-0.3, -0.25) is 19.8 Å². The molecule has 1 saturated heterocycles. The first kappa shape index (κ1) is 16.6. The Kier molecular flexibility index (Phi) is 3.95. The number of hydrogen-bond donors (Lipinski definition) is 0. The Balaban J connectivity index is 1.85. The molecule has 134 valence electrons. The largest absolute Gasteiger partial charge is 0.454 e. The van der Waals surface area contributed by atoms with Gasteiger partial charge in [-0.15, -0.1) is 11.8 Å². The number of anilines is 1. The zero-order valence-corrected chi connectivity index (χ0v) is 14.4. The molecule has 7 nitrogen and oxygen atoms in total. The van der Waals surface area contributed by atoms with Crippen LogP contribution in [0.15, 0.2) is 30.3 Å². The molecule has 2 heterocycles. The number of fused-ring (bicyclic) bond motifs is 1. The Morgan fingerprint density at radius 1 is 1.27 bits per heavy atom. The molecule has 0 N–H and O–H groups in total. The van der Waals surface area contributed by atoms with Gasteiger partial charge in [0.25, 0.3) is 5.69 Å². The minimum absolute atomic E-state index is 0.0145. The van der Waals surface area contributed by atoms with Crippen molar-refractivity contribution >= 4 is 29.0 Å². The highest BCUT2D eigenvalue weighted by atomic mass is 32.2. The van der Waals surface area contributed by atoms with E-state index in [1.807, 2.05) is 0 Å². The summed E-state index contributed by atoms with van der Waals surface area (Å²) in [5.41, 5.74) is 1.26. The predicted molar refractivity (Wildman–Crippen MR) is 93.0 cm³/mol.